The number of ether oxygens (including phenoxy) is 1. The maximum atomic E-state index is 11.7. The van der Waals surface area contributed by atoms with Gasteiger partial charge in [-0.2, -0.15) is 8.42 Å². The fraction of sp³-hybridized carbons (Fsp3) is 0.821. The average Bonchev–Trinajstić information content (AvgIpc) is 2.80. The van der Waals surface area contributed by atoms with Crippen molar-refractivity contribution >= 4 is 25.8 Å². The molecule has 1 rings (SSSR count). The number of unbranched alkanes of at least 4 members (excludes halogenated alkanes) is 8. The maximum Gasteiger partial charge on any atom is 0.265 e. The fourth-order valence-electron chi connectivity index (χ4n) is 5.27. The summed E-state index contributed by atoms with van der Waals surface area (Å²) >= 11 is 0. The highest BCUT2D eigenvalue weighted by atomic mass is 32.2. The molecular formula is C28H56N2O6S2+2. The molecule has 1 heterocycles. The Morgan fingerprint density at radius 1 is 0.737 bits per heavy atom. The van der Waals surface area contributed by atoms with Gasteiger partial charge in [-0.15, -0.1) is 0 Å². The smallest absolute Gasteiger partial charge is 0.265 e. The van der Waals surface area contributed by atoms with Crippen LogP contribution in [0.4, 0.5) is 0 Å². The number of hydrogen-bond acceptors (Lipinski definition) is 4. The largest absolute Gasteiger partial charge is 0.494 e. The summed E-state index contributed by atoms with van der Waals surface area (Å²) in [6.07, 6.45) is 12.1. The van der Waals surface area contributed by atoms with Crippen LogP contribution >= 0.6 is 0 Å². The Balaban J connectivity index is 2.33. The molecular weight excluding hydrogens is 524 g/mol. The Morgan fingerprint density at radius 2 is 1.21 bits per heavy atom. The lowest BCUT2D eigenvalue weighted by molar-refractivity contribution is -1.02. The van der Waals surface area contributed by atoms with Gasteiger partial charge in [-0.1, -0.05) is 51.7 Å². The second-order valence-electron chi connectivity index (χ2n) is 11.7. The van der Waals surface area contributed by atoms with Crippen LogP contribution in [0.2, 0.25) is 0 Å². The molecule has 2 N–H and O–H groups in total. The molecule has 1 fully saturated rings. The minimum atomic E-state index is -3.92. The summed E-state index contributed by atoms with van der Waals surface area (Å²) < 4.78 is 59.9. The van der Waals surface area contributed by atoms with Gasteiger partial charge in [-0.3, -0.25) is 4.55 Å². The van der Waals surface area contributed by atoms with Crippen molar-refractivity contribution in [2.45, 2.75) is 77.6 Å². The van der Waals surface area contributed by atoms with E-state index in [9.17, 15) is 17.2 Å². The maximum absolute atomic E-state index is 11.7. The van der Waals surface area contributed by atoms with Gasteiger partial charge in [0.1, 0.15) is 31.9 Å². The van der Waals surface area contributed by atoms with Crippen molar-refractivity contribution in [3.05, 3.63) is 24.5 Å². The zero-order chi connectivity index (χ0) is 28.7. The molecule has 10 heteroatoms. The first-order valence-corrected chi connectivity index (χ1v) is 17.8. The third kappa shape index (κ3) is 16.9. The van der Waals surface area contributed by atoms with Crippen LogP contribution in [-0.4, -0.2) is 108 Å². The predicted octanol–water partition coefficient (Wildman–Crippen LogP) is 4.74. The molecule has 1 aliphatic rings. The first kappa shape index (κ1) is 35.1. The Hall–Kier alpha value is -0.910. The van der Waals surface area contributed by atoms with Gasteiger partial charge in [-0.25, -0.2) is 4.21 Å². The number of hydrogen-bond donors (Lipinski definition) is 2. The molecule has 0 saturated carbocycles. The molecule has 0 spiro atoms. The van der Waals surface area contributed by atoms with Gasteiger partial charge in [0.15, 0.2) is 0 Å². The molecule has 0 aromatic heterocycles. The topological polar surface area (TPSA) is 101 Å². The summed E-state index contributed by atoms with van der Waals surface area (Å²) in [5.74, 6) is 4.13. The van der Waals surface area contributed by atoms with E-state index in [4.69, 9.17) is 9.29 Å². The minimum Gasteiger partial charge on any atom is -0.494 e. The molecule has 38 heavy (non-hydrogen) atoms. The van der Waals surface area contributed by atoms with Crippen LogP contribution < -0.4 is 0 Å². The van der Waals surface area contributed by atoms with Crippen LogP contribution in [0.1, 0.15) is 77.6 Å². The van der Waals surface area contributed by atoms with E-state index in [2.05, 4.69) is 26.1 Å². The van der Waals surface area contributed by atoms with Crippen molar-refractivity contribution in [1.29, 1.82) is 0 Å². The van der Waals surface area contributed by atoms with E-state index in [0.717, 1.165) is 79.8 Å². The summed E-state index contributed by atoms with van der Waals surface area (Å²) in [4.78, 5) is 0. The molecule has 0 aliphatic carbocycles. The number of rotatable bonds is 22. The second kappa shape index (κ2) is 17.0. The summed E-state index contributed by atoms with van der Waals surface area (Å²) in [6.45, 7) is 16.9. The molecule has 0 radical (unpaired) electrons. The lowest BCUT2D eigenvalue weighted by Gasteiger charge is -2.48. The third-order valence-electron chi connectivity index (χ3n) is 7.95. The van der Waals surface area contributed by atoms with E-state index in [1.807, 2.05) is 6.92 Å². The molecule has 1 saturated heterocycles. The lowest BCUT2D eigenvalue weighted by Crippen LogP contribution is -2.66. The molecule has 1 aliphatic heterocycles. The van der Waals surface area contributed by atoms with Crippen molar-refractivity contribution in [3.63, 3.8) is 0 Å². The van der Waals surface area contributed by atoms with Gasteiger partial charge in [0.25, 0.3) is 10.1 Å². The van der Waals surface area contributed by atoms with E-state index in [1.54, 1.807) is 0 Å². The molecule has 224 valence electrons. The predicted molar refractivity (Wildman–Crippen MR) is 160 cm³/mol. The summed E-state index contributed by atoms with van der Waals surface area (Å²) in [6, 6.07) is 0. The van der Waals surface area contributed by atoms with Crippen molar-refractivity contribution in [2.75, 3.05) is 71.0 Å². The Labute approximate surface area is 233 Å². The third-order valence-corrected chi connectivity index (χ3v) is 9.68. The molecule has 1 unspecified atom stereocenters. The molecule has 0 aromatic carbocycles. The van der Waals surface area contributed by atoms with Crippen molar-refractivity contribution in [3.8, 4) is 0 Å². The molecule has 0 amide bonds. The van der Waals surface area contributed by atoms with Gasteiger partial charge in [0, 0.05) is 18.6 Å². The van der Waals surface area contributed by atoms with E-state index in [-0.39, 0.29) is 11.5 Å². The highest BCUT2D eigenvalue weighted by Crippen LogP contribution is 2.22. The number of piperazine rings is 1. The van der Waals surface area contributed by atoms with Crippen LogP contribution in [0, 0.1) is 0 Å². The van der Waals surface area contributed by atoms with E-state index in [0.29, 0.717) is 18.6 Å². The Morgan fingerprint density at radius 3 is 1.71 bits per heavy atom. The first-order valence-electron chi connectivity index (χ1n) is 14.3. The average molecular weight is 581 g/mol. The molecule has 8 nitrogen and oxygen atoms in total. The number of quaternary nitrogens is 2. The van der Waals surface area contributed by atoms with Crippen LogP contribution in [-0.2, 0) is 24.7 Å². The number of allylic oxidation sites excluding steroid dienone is 1. The highest BCUT2D eigenvalue weighted by Gasteiger charge is 2.39. The molecule has 1 atom stereocenters. The van der Waals surface area contributed by atoms with Gasteiger partial charge in [-0.05, 0) is 37.6 Å². The molecule has 0 bridgehead atoms. The van der Waals surface area contributed by atoms with Gasteiger partial charge in [0.2, 0.25) is 0 Å². The van der Waals surface area contributed by atoms with E-state index < -0.39 is 19.9 Å². The van der Waals surface area contributed by atoms with Gasteiger partial charge < -0.3 is 18.3 Å². The fourth-order valence-corrected chi connectivity index (χ4v) is 6.35. The standard InChI is InChI=1S/C28H54N2O6S2/c1-27(2)28(3)36-24-14-12-10-8-6-7-9-11-13-18-30(19-16-25-37(5,31)32)22-20-29(4,21-23-30)17-15-26-38(33,34)35/h1,3,5-26H2,2,4H3/p+2. The molecule has 0 aromatic rings. The summed E-state index contributed by atoms with van der Waals surface area (Å²) in [7, 11) is -4.71. The summed E-state index contributed by atoms with van der Waals surface area (Å²) in [5.41, 5.74) is 0.888. The zero-order valence-corrected chi connectivity index (χ0v) is 25.8. The monoisotopic (exact) mass is 580 g/mol. The highest BCUT2D eigenvalue weighted by molar-refractivity contribution is 7.95. The zero-order valence-electron chi connectivity index (χ0n) is 24.2. The van der Waals surface area contributed by atoms with Crippen LogP contribution in [0.5, 0.6) is 0 Å². The first-order chi connectivity index (χ1) is 17.7. The Bertz CT molecular complexity index is 923. The van der Waals surface area contributed by atoms with Crippen LogP contribution in [0.15, 0.2) is 24.5 Å². The normalized spacial score (nSPS) is 23.6. The second-order valence-corrected chi connectivity index (χ2v) is 15.3. The summed E-state index contributed by atoms with van der Waals surface area (Å²) in [5, 5.41) is 0. The number of nitrogens with zero attached hydrogens (tertiary/aromatic N) is 2. The minimum absolute atomic E-state index is 0.185. The van der Waals surface area contributed by atoms with Gasteiger partial charge in [0.05, 0.1) is 48.8 Å². The van der Waals surface area contributed by atoms with Crippen LogP contribution in [0.25, 0.3) is 0 Å². The van der Waals surface area contributed by atoms with Crippen molar-refractivity contribution in [2.24, 2.45) is 0 Å². The van der Waals surface area contributed by atoms with E-state index in [1.165, 1.54) is 44.9 Å². The quantitative estimate of drug-likeness (QED) is 0.0479. The Kier molecular flexibility index (Phi) is 15.7. The lowest BCUT2D eigenvalue weighted by atomic mass is 10.1. The number of likely N-dealkylation sites (N-methyl/N-ethyl adjacent to an activating group) is 1. The SMILES string of the molecule is C=C(C)C(=C)OCCCCCCCCCCC[N+]1(CCCS(=C)(=O)O)CC[N+](C)(CCCS(=O)(=O)O)CC1. The van der Waals surface area contributed by atoms with E-state index >= 15 is 0 Å². The van der Waals surface area contributed by atoms with Crippen LogP contribution in [0.3, 0.4) is 0 Å². The van der Waals surface area contributed by atoms with Crippen molar-refractivity contribution < 1.29 is 35.4 Å². The van der Waals surface area contributed by atoms with Crippen molar-refractivity contribution in [1.82, 2.24) is 0 Å². The van der Waals surface area contributed by atoms with Gasteiger partial charge >= 0.3 is 0 Å².